The average molecular weight is 495 g/mol. The van der Waals surface area contributed by atoms with E-state index in [0.29, 0.717) is 13.2 Å². The Kier molecular flexibility index (Phi) is 7.32. The van der Waals surface area contributed by atoms with Gasteiger partial charge in [-0.25, -0.2) is 4.79 Å². The van der Waals surface area contributed by atoms with Gasteiger partial charge in [0.2, 0.25) is 0 Å². The van der Waals surface area contributed by atoms with Crippen LogP contribution in [0.3, 0.4) is 0 Å². The van der Waals surface area contributed by atoms with E-state index < -0.39 is 11.4 Å². The molecular weight excluding hydrogens is 456 g/mol. The zero-order valence-corrected chi connectivity index (χ0v) is 22.3. The number of nitrogens with zero attached hydrogens (tertiary/aromatic N) is 2. The molecule has 1 fully saturated rings. The van der Waals surface area contributed by atoms with Crippen molar-refractivity contribution in [1.29, 1.82) is 0 Å². The molecule has 0 amide bonds. The van der Waals surface area contributed by atoms with Crippen LogP contribution in [-0.2, 0) is 4.74 Å². The van der Waals surface area contributed by atoms with Crippen LogP contribution in [0.25, 0.3) is 11.3 Å². The van der Waals surface area contributed by atoms with Crippen LogP contribution in [0.1, 0.15) is 76.0 Å². The van der Waals surface area contributed by atoms with E-state index in [1.165, 1.54) is 17.8 Å². The smallest absolute Gasteiger partial charge is 0.341 e. The first-order chi connectivity index (χ1) is 17.0. The van der Waals surface area contributed by atoms with Crippen LogP contribution >= 0.6 is 0 Å². The molecule has 0 bridgehead atoms. The molecule has 2 unspecified atom stereocenters. The molecule has 3 heterocycles. The van der Waals surface area contributed by atoms with Gasteiger partial charge < -0.3 is 24.0 Å². The van der Waals surface area contributed by atoms with Crippen LogP contribution < -0.4 is 20.6 Å². The first-order valence-electron chi connectivity index (χ1n) is 12.8. The van der Waals surface area contributed by atoms with Gasteiger partial charge in [0, 0.05) is 42.9 Å². The number of aromatic nitrogens is 1. The summed E-state index contributed by atoms with van der Waals surface area (Å²) >= 11 is 0. The zero-order chi connectivity index (χ0) is 26.2. The standard InChI is InChI=1S/C29H38N2O5/c1-7-18(2)26-20(11-8-12-24(26)36-17-19-10-9-13-35-19)27-22-14-23(32)21(28(33)34)15-31(22)25(16-30(27)6)29(3,4)5/h8,11-12,14-15,19,25H,7,9-10,13,16-17H2,1-6H3,(H,33,34)/b26-18+,27-20-. The predicted molar refractivity (Wildman–Crippen MR) is 141 cm³/mol. The number of carboxylic acids is 1. The van der Waals surface area contributed by atoms with Crippen molar-refractivity contribution in [1.82, 2.24) is 9.47 Å². The van der Waals surface area contributed by atoms with Crippen LogP contribution in [0.15, 0.2) is 35.3 Å². The average Bonchev–Trinajstić information content (AvgIpc) is 3.34. The van der Waals surface area contributed by atoms with Gasteiger partial charge in [-0.1, -0.05) is 45.4 Å². The SMILES string of the molecule is CC/C(C)=c1/c(OCC2CCCO2)ccc/c1=C1\c2cc(=O)c(C(=O)O)cn2C(C(C)(C)C)CN1C. The summed E-state index contributed by atoms with van der Waals surface area (Å²) in [6.07, 6.45) is 4.54. The molecule has 0 spiro atoms. The minimum Gasteiger partial charge on any atom is -0.490 e. The lowest BCUT2D eigenvalue weighted by atomic mass is 9.84. The lowest BCUT2D eigenvalue weighted by molar-refractivity contribution is 0.0675. The number of aromatic carboxylic acids is 1. The van der Waals surface area contributed by atoms with Gasteiger partial charge in [-0.3, -0.25) is 4.79 Å². The molecule has 0 aliphatic carbocycles. The van der Waals surface area contributed by atoms with Crippen molar-refractivity contribution in [3.8, 4) is 5.75 Å². The highest BCUT2D eigenvalue weighted by atomic mass is 16.5. The fourth-order valence-electron chi connectivity index (χ4n) is 5.25. The summed E-state index contributed by atoms with van der Waals surface area (Å²) in [5.74, 6) is -0.402. The van der Waals surface area contributed by atoms with Gasteiger partial charge in [0.15, 0.2) is 5.43 Å². The second-order valence-corrected chi connectivity index (χ2v) is 11.0. The monoisotopic (exact) mass is 494 g/mol. The fraction of sp³-hybridized carbons (Fsp3) is 0.517. The Balaban J connectivity index is 2.02. The Bertz CT molecular complexity index is 1330. The highest BCUT2D eigenvalue weighted by Gasteiger charge is 2.35. The molecule has 7 nitrogen and oxygen atoms in total. The van der Waals surface area contributed by atoms with Gasteiger partial charge in [-0.05, 0) is 37.7 Å². The number of rotatable bonds is 5. The Labute approximate surface area is 212 Å². The summed E-state index contributed by atoms with van der Waals surface area (Å²) in [7, 11) is 2.04. The lowest BCUT2D eigenvalue weighted by Gasteiger charge is -2.43. The highest BCUT2D eigenvalue weighted by molar-refractivity contribution is 5.87. The molecule has 2 aromatic rings. The summed E-state index contributed by atoms with van der Waals surface area (Å²) in [4.78, 5) is 26.9. The van der Waals surface area contributed by atoms with Crippen molar-refractivity contribution >= 4 is 17.2 Å². The van der Waals surface area contributed by atoms with E-state index in [9.17, 15) is 14.7 Å². The van der Waals surface area contributed by atoms with Gasteiger partial charge in [-0.2, -0.15) is 0 Å². The molecule has 2 aliphatic rings. The number of pyridine rings is 1. The van der Waals surface area contributed by atoms with Crippen LogP contribution in [0.4, 0.5) is 0 Å². The molecule has 1 saturated heterocycles. The summed E-state index contributed by atoms with van der Waals surface area (Å²) in [6, 6.07) is 7.51. The maximum atomic E-state index is 12.9. The first kappa shape index (κ1) is 26.0. The van der Waals surface area contributed by atoms with Crippen molar-refractivity contribution in [2.45, 2.75) is 66.0 Å². The van der Waals surface area contributed by atoms with Crippen molar-refractivity contribution in [2.75, 3.05) is 26.8 Å². The third-order valence-electron chi connectivity index (χ3n) is 7.40. The molecule has 1 N–H and O–H groups in total. The van der Waals surface area contributed by atoms with Crippen LogP contribution in [-0.4, -0.2) is 53.5 Å². The van der Waals surface area contributed by atoms with Gasteiger partial charge in [-0.15, -0.1) is 0 Å². The zero-order valence-electron chi connectivity index (χ0n) is 22.3. The van der Waals surface area contributed by atoms with Crippen molar-refractivity contribution in [3.63, 3.8) is 0 Å². The predicted octanol–water partition coefficient (Wildman–Crippen LogP) is 3.37. The molecule has 1 aromatic carbocycles. The van der Waals surface area contributed by atoms with Crippen LogP contribution in [0.5, 0.6) is 5.75 Å². The molecule has 2 aliphatic heterocycles. The van der Waals surface area contributed by atoms with E-state index in [2.05, 4.69) is 45.6 Å². The minimum atomic E-state index is -1.20. The topological polar surface area (TPSA) is 81.0 Å². The second kappa shape index (κ2) is 10.1. The number of ether oxygens (including phenoxy) is 2. The number of hydrogen-bond acceptors (Lipinski definition) is 5. The number of carboxylic acid groups (broad SMARTS) is 1. The second-order valence-electron chi connectivity index (χ2n) is 11.0. The Morgan fingerprint density at radius 1 is 1.28 bits per heavy atom. The molecular formula is C29H38N2O5. The Morgan fingerprint density at radius 2 is 2.03 bits per heavy atom. The molecule has 4 rings (SSSR count). The minimum absolute atomic E-state index is 0.0152. The van der Waals surface area contributed by atoms with Gasteiger partial charge >= 0.3 is 5.97 Å². The Hall–Kier alpha value is -3.06. The van der Waals surface area contributed by atoms with Crippen molar-refractivity contribution in [2.24, 2.45) is 5.41 Å². The molecule has 1 aromatic heterocycles. The van der Waals surface area contributed by atoms with Gasteiger partial charge in [0.1, 0.15) is 17.9 Å². The largest absolute Gasteiger partial charge is 0.490 e. The quantitative estimate of drug-likeness (QED) is 0.687. The summed E-state index contributed by atoms with van der Waals surface area (Å²) in [6.45, 7) is 12.6. The van der Waals surface area contributed by atoms with E-state index >= 15 is 0 Å². The Morgan fingerprint density at radius 3 is 2.64 bits per heavy atom. The van der Waals surface area contributed by atoms with E-state index in [-0.39, 0.29) is 23.1 Å². The van der Waals surface area contributed by atoms with E-state index in [4.69, 9.17) is 9.47 Å². The molecule has 36 heavy (non-hydrogen) atoms. The van der Waals surface area contributed by atoms with Gasteiger partial charge in [0.25, 0.3) is 0 Å². The fourth-order valence-corrected chi connectivity index (χ4v) is 5.25. The van der Waals surface area contributed by atoms with E-state index in [0.717, 1.165) is 53.4 Å². The van der Waals surface area contributed by atoms with E-state index in [1.54, 1.807) is 0 Å². The normalized spacial score (nSPS) is 22.3. The third kappa shape index (κ3) is 4.94. The molecule has 0 radical (unpaired) electrons. The molecule has 7 heteroatoms. The number of benzene rings is 1. The number of likely N-dealkylation sites (N-methyl/N-ethyl adjacent to an activating group) is 1. The lowest BCUT2D eigenvalue weighted by Crippen LogP contribution is -2.46. The van der Waals surface area contributed by atoms with Crippen LogP contribution in [0, 0.1) is 5.41 Å². The molecule has 0 saturated carbocycles. The highest BCUT2D eigenvalue weighted by Crippen LogP contribution is 2.37. The maximum Gasteiger partial charge on any atom is 0.341 e. The third-order valence-corrected chi connectivity index (χ3v) is 7.40. The van der Waals surface area contributed by atoms with Gasteiger partial charge in [0.05, 0.1) is 23.5 Å². The maximum absolute atomic E-state index is 12.9. The summed E-state index contributed by atoms with van der Waals surface area (Å²) in [5, 5.41) is 11.7. The summed E-state index contributed by atoms with van der Waals surface area (Å²) < 4.78 is 14.1. The number of hydrogen-bond donors (Lipinski definition) is 1. The summed E-state index contributed by atoms with van der Waals surface area (Å²) in [5.41, 5.74) is 1.96. The van der Waals surface area contributed by atoms with Crippen molar-refractivity contribution < 1.29 is 19.4 Å². The molecule has 194 valence electrons. The van der Waals surface area contributed by atoms with Crippen LogP contribution in [0.2, 0.25) is 0 Å². The number of carbonyl (C=O) groups is 1. The first-order valence-corrected chi connectivity index (χ1v) is 12.8. The van der Waals surface area contributed by atoms with Crippen molar-refractivity contribution in [3.05, 3.63) is 62.4 Å². The molecule has 2 atom stereocenters. The van der Waals surface area contributed by atoms with E-state index in [1.807, 2.05) is 23.7 Å². The number of fused-ring (bicyclic) bond motifs is 1.